The molecule has 0 unspecified atom stereocenters. The van der Waals surface area contributed by atoms with E-state index >= 15 is 0 Å². The summed E-state index contributed by atoms with van der Waals surface area (Å²) in [7, 11) is 0. The lowest BCUT2D eigenvalue weighted by Gasteiger charge is -2.20. The Morgan fingerprint density at radius 1 is 1.09 bits per heavy atom. The van der Waals surface area contributed by atoms with Crippen molar-refractivity contribution in [2.45, 2.75) is 13.0 Å². The summed E-state index contributed by atoms with van der Waals surface area (Å²) in [5, 5.41) is 6.90. The molecule has 0 bridgehead atoms. The Balaban J connectivity index is 1.69. The first-order valence-electron chi connectivity index (χ1n) is 6.98. The SMILES string of the molecule is Cc1ccccc1[C@@H]1OC2=C(Nc3ccc(Cl)cc3N2)C1=O. The van der Waals surface area contributed by atoms with Gasteiger partial charge in [0.2, 0.25) is 11.7 Å². The number of halogens is 1. The van der Waals surface area contributed by atoms with Gasteiger partial charge in [-0.1, -0.05) is 35.9 Å². The van der Waals surface area contributed by atoms with E-state index in [1.807, 2.05) is 37.3 Å². The number of ether oxygens (including phenoxy) is 1. The van der Waals surface area contributed by atoms with Crippen LogP contribution in [-0.4, -0.2) is 5.78 Å². The summed E-state index contributed by atoms with van der Waals surface area (Å²) in [5.74, 6) is 0.380. The van der Waals surface area contributed by atoms with Crippen molar-refractivity contribution in [1.29, 1.82) is 0 Å². The minimum atomic E-state index is -0.615. The molecule has 0 aromatic heterocycles. The maximum Gasteiger partial charge on any atom is 0.229 e. The fourth-order valence-electron chi connectivity index (χ4n) is 2.76. The maximum absolute atomic E-state index is 12.7. The third-order valence-electron chi connectivity index (χ3n) is 3.91. The standard InChI is InChI=1S/C17H13ClN2O2/c1-9-4-2-3-5-11(9)16-15(21)14-17(22-16)20-13-8-10(18)6-7-12(13)19-14/h2-8,16,19-20H,1H3/t16-/m0/s1. The fourth-order valence-corrected chi connectivity index (χ4v) is 2.93. The lowest BCUT2D eigenvalue weighted by molar-refractivity contribution is -0.121. The van der Waals surface area contributed by atoms with Crippen molar-refractivity contribution in [2.24, 2.45) is 0 Å². The van der Waals surface area contributed by atoms with Gasteiger partial charge in [-0.15, -0.1) is 0 Å². The van der Waals surface area contributed by atoms with Gasteiger partial charge in [-0.3, -0.25) is 4.79 Å². The van der Waals surface area contributed by atoms with Crippen LogP contribution in [0.4, 0.5) is 11.4 Å². The van der Waals surface area contributed by atoms with Gasteiger partial charge in [0.05, 0.1) is 11.4 Å². The van der Waals surface area contributed by atoms with Gasteiger partial charge in [-0.05, 0) is 30.7 Å². The molecule has 22 heavy (non-hydrogen) atoms. The molecular formula is C17H13ClN2O2. The molecule has 5 heteroatoms. The van der Waals surface area contributed by atoms with E-state index in [4.69, 9.17) is 16.3 Å². The number of hydrogen-bond donors (Lipinski definition) is 2. The van der Waals surface area contributed by atoms with Crippen molar-refractivity contribution in [1.82, 2.24) is 0 Å². The number of carbonyl (C=O) groups is 1. The van der Waals surface area contributed by atoms with Crippen molar-refractivity contribution < 1.29 is 9.53 Å². The molecule has 2 aliphatic heterocycles. The number of hydrogen-bond acceptors (Lipinski definition) is 4. The van der Waals surface area contributed by atoms with Crippen LogP contribution in [0, 0.1) is 6.92 Å². The average molecular weight is 313 g/mol. The zero-order chi connectivity index (χ0) is 15.3. The third kappa shape index (κ3) is 1.96. The molecule has 2 aliphatic rings. The first kappa shape index (κ1) is 13.2. The highest BCUT2D eigenvalue weighted by atomic mass is 35.5. The quantitative estimate of drug-likeness (QED) is 0.836. The zero-order valence-electron chi connectivity index (χ0n) is 11.8. The van der Waals surface area contributed by atoms with Gasteiger partial charge >= 0.3 is 0 Å². The molecular weight excluding hydrogens is 300 g/mol. The predicted octanol–water partition coefficient (Wildman–Crippen LogP) is 4.00. The average Bonchev–Trinajstić information content (AvgIpc) is 2.82. The van der Waals surface area contributed by atoms with Crippen LogP contribution in [-0.2, 0) is 9.53 Å². The molecule has 4 rings (SSSR count). The molecule has 0 radical (unpaired) electrons. The molecule has 0 fully saturated rings. The van der Waals surface area contributed by atoms with Crippen molar-refractivity contribution in [3.05, 3.63) is 70.2 Å². The summed E-state index contributed by atoms with van der Waals surface area (Å²) in [6.07, 6.45) is -0.615. The Labute approximate surface area is 132 Å². The van der Waals surface area contributed by atoms with Gasteiger partial charge in [0, 0.05) is 10.6 Å². The van der Waals surface area contributed by atoms with E-state index < -0.39 is 6.10 Å². The lowest BCUT2D eigenvalue weighted by Crippen LogP contribution is -2.18. The van der Waals surface area contributed by atoms with E-state index in [2.05, 4.69) is 10.6 Å². The largest absolute Gasteiger partial charge is 0.461 e. The molecule has 4 nitrogen and oxygen atoms in total. The number of carbonyl (C=O) groups excluding carboxylic acids is 1. The van der Waals surface area contributed by atoms with Crippen LogP contribution in [0.25, 0.3) is 0 Å². The molecule has 0 saturated heterocycles. The molecule has 2 N–H and O–H groups in total. The summed E-state index contributed by atoms with van der Waals surface area (Å²) in [4.78, 5) is 12.7. The van der Waals surface area contributed by atoms with E-state index in [9.17, 15) is 4.79 Å². The summed E-state index contributed by atoms with van der Waals surface area (Å²) in [6, 6.07) is 13.1. The number of rotatable bonds is 1. The highest BCUT2D eigenvalue weighted by molar-refractivity contribution is 6.31. The minimum absolute atomic E-state index is 0.0719. The number of fused-ring (bicyclic) bond motifs is 1. The molecule has 2 aromatic carbocycles. The van der Waals surface area contributed by atoms with Crippen molar-refractivity contribution in [3.63, 3.8) is 0 Å². The fraction of sp³-hybridized carbons (Fsp3) is 0.118. The van der Waals surface area contributed by atoms with Gasteiger partial charge < -0.3 is 15.4 Å². The topological polar surface area (TPSA) is 50.4 Å². The zero-order valence-corrected chi connectivity index (χ0v) is 12.6. The van der Waals surface area contributed by atoms with Crippen LogP contribution in [0.5, 0.6) is 0 Å². The molecule has 2 aromatic rings. The van der Waals surface area contributed by atoms with Crippen molar-refractivity contribution in [3.8, 4) is 0 Å². The number of ketones is 1. The van der Waals surface area contributed by atoms with Gasteiger partial charge in [0.1, 0.15) is 5.70 Å². The summed E-state index contributed by atoms with van der Waals surface area (Å²) >= 11 is 6.00. The molecule has 2 heterocycles. The normalized spacial score (nSPS) is 19.0. The minimum Gasteiger partial charge on any atom is -0.461 e. The lowest BCUT2D eigenvalue weighted by atomic mass is 10.00. The number of nitrogens with one attached hydrogen (secondary N) is 2. The second-order valence-electron chi connectivity index (χ2n) is 5.36. The van der Waals surface area contributed by atoms with Gasteiger partial charge in [-0.25, -0.2) is 0 Å². The number of benzene rings is 2. The van der Waals surface area contributed by atoms with Crippen LogP contribution >= 0.6 is 11.6 Å². The number of anilines is 2. The molecule has 110 valence electrons. The van der Waals surface area contributed by atoms with E-state index in [1.54, 1.807) is 12.1 Å². The van der Waals surface area contributed by atoms with Gasteiger partial charge in [-0.2, -0.15) is 0 Å². The number of aryl methyl sites for hydroxylation is 1. The second-order valence-corrected chi connectivity index (χ2v) is 5.80. The van der Waals surface area contributed by atoms with Crippen LogP contribution in [0.2, 0.25) is 5.02 Å². The Bertz CT molecular complexity index is 829. The van der Waals surface area contributed by atoms with Crippen molar-refractivity contribution >= 4 is 28.8 Å². The molecule has 1 atom stereocenters. The van der Waals surface area contributed by atoms with Gasteiger partial charge in [0.15, 0.2) is 6.10 Å². The van der Waals surface area contributed by atoms with Crippen LogP contribution in [0.3, 0.4) is 0 Å². The molecule has 0 saturated carbocycles. The molecule has 0 amide bonds. The Morgan fingerprint density at radius 2 is 1.91 bits per heavy atom. The summed E-state index contributed by atoms with van der Waals surface area (Å²) in [5.41, 5.74) is 3.98. The highest BCUT2D eigenvalue weighted by Gasteiger charge is 2.39. The van der Waals surface area contributed by atoms with E-state index in [0.717, 1.165) is 22.5 Å². The second kappa shape index (κ2) is 4.78. The van der Waals surface area contributed by atoms with E-state index in [-0.39, 0.29) is 5.78 Å². The third-order valence-corrected chi connectivity index (χ3v) is 4.14. The first-order chi connectivity index (χ1) is 10.6. The van der Waals surface area contributed by atoms with Crippen molar-refractivity contribution in [2.75, 3.05) is 10.6 Å². The first-order valence-corrected chi connectivity index (χ1v) is 7.35. The monoisotopic (exact) mass is 312 g/mol. The van der Waals surface area contributed by atoms with Crippen LogP contribution in [0.1, 0.15) is 17.2 Å². The number of Topliss-reactive ketones (excluding diaryl/α,β-unsaturated/α-hetero) is 1. The Morgan fingerprint density at radius 3 is 2.73 bits per heavy atom. The summed E-state index contributed by atoms with van der Waals surface area (Å²) < 4.78 is 5.85. The van der Waals surface area contributed by atoms with E-state index in [0.29, 0.717) is 16.6 Å². The van der Waals surface area contributed by atoms with Crippen LogP contribution in [0.15, 0.2) is 54.0 Å². The van der Waals surface area contributed by atoms with E-state index in [1.165, 1.54) is 0 Å². The maximum atomic E-state index is 12.7. The highest BCUT2D eigenvalue weighted by Crippen LogP contribution is 2.40. The molecule has 0 aliphatic carbocycles. The Kier molecular flexibility index (Phi) is 2.87. The van der Waals surface area contributed by atoms with Gasteiger partial charge in [0.25, 0.3) is 0 Å². The molecule has 0 spiro atoms. The van der Waals surface area contributed by atoms with Crippen LogP contribution < -0.4 is 10.6 Å². The smallest absolute Gasteiger partial charge is 0.229 e. The Hall–Kier alpha value is -2.46. The summed E-state index contributed by atoms with van der Waals surface area (Å²) in [6.45, 7) is 1.97. The predicted molar refractivity (Wildman–Crippen MR) is 85.7 cm³/mol.